The molecule has 0 fully saturated rings. The standard InChI is InChI=1S/C10H18O/c1-8(2)10-5-3-9(7-11)4-6-10/h3,8,10-11H,4-7H2,1-2H3/t10-/m1/s1. The molecule has 1 N–H and O–H groups in total. The molecule has 11 heavy (non-hydrogen) atoms. The summed E-state index contributed by atoms with van der Waals surface area (Å²) in [6.07, 6.45) is 5.77. The Balaban J connectivity index is 2.41. The van der Waals surface area contributed by atoms with Crippen LogP contribution in [0.5, 0.6) is 0 Å². The van der Waals surface area contributed by atoms with Crippen molar-refractivity contribution in [2.24, 2.45) is 11.8 Å². The van der Waals surface area contributed by atoms with Crippen LogP contribution >= 0.6 is 0 Å². The lowest BCUT2D eigenvalue weighted by Gasteiger charge is -2.24. The Hall–Kier alpha value is -0.300. The molecule has 1 aliphatic rings. The zero-order valence-corrected chi connectivity index (χ0v) is 7.51. The maximum Gasteiger partial charge on any atom is 0.0641 e. The molecule has 0 radical (unpaired) electrons. The molecule has 0 spiro atoms. The lowest BCUT2D eigenvalue weighted by molar-refractivity contribution is 0.299. The van der Waals surface area contributed by atoms with Gasteiger partial charge in [-0.3, -0.25) is 0 Å². The molecule has 0 aromatic carbocycles. The molecule has 1 aliphatic carbocycles. The second-order valence-electron chi connectivity index (χ2n) is 3.80. The molecule has 0 saturated heterocycles. The number of hydrogen-bond acceptors (Lipinski definition) is 1. The minimum Gasteiger partial charge on any atom is -0.392 e. The Morgan fingerprint density at radius 2 is 2.36 bits per heavy atom. The predicted molar refractivity (Wildman–Crippen MR) is 47.3 cm³/mol. The zero-order chi connectivity index (χ0) is 8.27. The van der Waals surface area contributed by atoms with Crippen LogP contribution in [0, 0.1) is 11.8 Å². The minimum atomic E-state index is 0.269. The van der Waals surface area contributed by atoms with E-state index < -0.39 is 0 Å². The first kappa shape index (κ1) is 8.79. The van der Waals surface area contributed by atoms with E-state index in [1.807, 2.05) is 0 Å². The first-order chi connectivity index (χ1) is 5.24. The highest BCUT2D eigenvalue weighted by Gasteiger charge is 2.16. The predicted octanol–water partition coefficient (Wildman–Crippen LogP) is 2.36. The summed E-state index contributed by atoms with van der Waals surface area (Å²) in [5.74, 6) is 1.65. The van der Waals surface area contributed by atoms with Crippen LogP contribution in [0.3, 0.4) is 0 Å². The van der Waals surface area contributed by atoms with E-state index in [0.717, 1.165) is 18.3 Å². The quantitative estimate of drug-likeness (QED) is 0.605. The van der Waals surface area contributed by atoms with Crippen LogP contribution in [0.4, 0.5) is 0 Å². The average Bonchev–Trinajstić information content (AvgIpc) is 2.05. The van der Waals surface area contributed by atoms with Gasteiger partial charge < -0.3 is 5.11 Å². The molecule has 0 aromatic heterocycles. The molecule has 1 rings (SSSR count). The third-order valence-corrected chi connectivity index (χ3v) is 2.69. The van der Waals surface area contributed by atoms with Crippen molar-refractivity contribution in [2.45, 2.75) is 33.1 Å². The number of hydrogen-bond donors (Lipinski definition) is 1. The fraction of sp³-hybridized carbons (Fsp3) is 0.800. The van der Waals surface area contributed by atoms with Gasteiger partial charge in [0.05, 0.1) is 6.61 Å². The minimum absolute atomic E-state index is 0.269. The molecule has 0 aromatic rings. The Morgan fingerprint density at radius 3 is 2.73 bits per heavy atom. The molecule has 0 amide bonds. The van der Waals surface area contributed by atoms with E-state index in [9.17, 15) is 0 Å². The van der Waals surface area contributed by atoms with Crippen LogP contribution in [0.25, 0.3) is 0 Å². The lowest BCUT2D eigenvalue weighted by Crippen LogP contribution is -2.12. The van der Waals surface area contributed by atoms with Crippen molar-refractivity contribution >= 4 is 0 Å². The van der Waals surface area contributed by atoms with E-state index >= 15 is 0 Å². The molecule has 0 saturated carbocycles. The van der Waals surface area contributed by atoms with Gasteiger partial charge >= 0.3 is 0 Å². The number of aliphatic hydroxyl groups is 1. The Labute approximate surface area is 69.1 Å². The third kappa shape index (κ3) is 2.33. The fourth-order valence-electron chi connectivity index (χ4n) is 1.66. The first-order valence-electron chi connectivity index (χ1n) is 4.52. The molecule has 0 bridgehead atoms. The van der Waals surface area contributed by atoms with Crippen molar-refractivity contribution in [1.29, 1.82) is 0 Å². The first-order valence-corrected chi connectivity index (χ1v) is 4.52. The number of allylic oxidation sites excluding steroid dienone is 1. The molecule has 0 aliphatic heterocycles. The van der Waals surface area contributed by atoms with E-state index in [2.05, 4.69) is 19.9 Å². The van der Waals surface area contributed by atoms with Gasteiger partial charge in [-0.15, -0.1) is 0 Å². The molecule has 0 heterocycles. The van der Waals surface area contributed by atoms with Crippen molar-refractivity contribution in [2.75, 3.05) is 6.61 Å². The Kier molecular flexibility index (Phi) is 3.13. The molecule has 64 valence electrons. The van der Waals surface area contributed by atoms with Crippen LogP contribution in [0.2, 0.25) is 0 Å². The molecular formula is C10H18O. The van der Waals surface area contributed by atoms with E-state index in [1.165, 1.54) is 18.4 Å². The summed E-state index contributed by atoms with van der Waals surface area (Å²) in [5.41, 5.74) is 1.24. The van der Waals surface area contributed by atoms with E-state index in [4.69, 9.17) is 5.11 Å². The van der Waals surface area contributed by atoms with Crippen LogP contribution < -0.4 is 0 Å². The largest absolute Gasteiger partial charge is 0.392 e. The van der Waals surface area contributed by atoms with Crippen LogP contribution in [0.1, 0.15) is 33.1 Å². The summed E-state index contributed by atoms with van der Waals surface area (Å²) in [5, 5.41) is 8.85. The summed E-state index contributed by atoms with van der Waals surface area (Å²) in [6.45, 7) is 4.83. The maximum atomic E-state index is 8.85. The zero-order valence-electron chi connectivity index (χ0n) is 7.51. The van der Waals surface area contributed by atoms with Gasteiger partial charge in [0, 0.05) is 0 Å². The molecule has 1 nitrogen and oxygen atoms in total. The normalized spacial score (nSPS) is 25.5. The van der Waals surface area contributed by atoms with Gasteiger partial charge in [-0.05, 0) is 36.7 Å². The summed E-state index contributed by atoms with van der Waals surface area (Å²) in [6, 6.07) is 0. The van der Waals surface area contributed by atoms with Crippen molar-refractivity contribution in [3.63, 3.8) is 0 Å². The highest BCUT2D eigenvalue weighted by molar-refractivity contribution is 5.06. The van der Waals surface area contributed by atoms with Gasteiger partial charge in [0.25, 0.3) is 0 Å². The maximum absolute atomic E-state index is 8.85. The smallest absolute Gasteiger partial charge is 0.0641 e. The highest BCUT2D eigenvalue weighted by atomic mass is 16.3. The monoisotopic (exact) mass is 154 g/mol. The van der Waals surface area contributed by atoms with Gasteiger partial charge in [0.1, 0.15) is 0 Å². The summed E-state index contributed by atoms with van der Waals surface area (Å²) < 4.78 is 0. The van der Waals surface area contributed by atoms with Gasteiger partial charge in [-0.25, -0.2) is 0 Å². The SMILES string of the molecule is CC(C)[C@@H]1CC=C(CO)CC1. The van der Waals surface area contributed by atoms with Gasteiger partial charge in [0.2, 0.25) is 0 Å². The van der Waals surface area contributed by atoms with Gasteiger partial charge in [-0.2, -0.15) is 0 Å². The highest BCUT2D eigenvalue weighted by Crippen LogP contribution is 2.28. The topological polar surface area (TPSA) is 20.2 Å². The summed E-state index contributed by atoms with van der Waals surface area (Å²) in [4.78, 5) is 0. The summed E-state index contributed by atoms with van der Waals surface area (Å²) >= 11 is 0. The molecule has 0 unspecified atom stereocenters. The van der Waals surface area contributed by atoms with Crippen molar-refractivity contribution in [3.8, 4) is 0 Å². The molecule has 1 atom stereocenters. The molecule has 1 heteroatoms. The Bertz CT molecular complexity index is 147. The Morgan fingerprint density at radius 1 is 1.64 bits per heavy atom. The van der Waals surface area contributed by atoms with E-state index in [0.29, 0.717) is 0 Å². The van der Waals surface area contributed by atoms with Crippen LogP contribution in [0.15, 0.2) is 11.6 Å². The fourth-order valence-corrected chi connectivity index (χ4v) is 1.66. The third-order valence-electron chi connectivity index (χ3n) is 2.69. The lowest BCUT2D eigenvalue weighted by atomic mass is 9.82. The van der Waals surface area contributed by atoms with Crippen molar-refractivity contribution in [3.05, 3.63) is 11.6 Å². The van der Waals surface area contributed by atoms with Crippen molar-refractivity contribution < 1.29 is 5.11 Å². The molecular weight excluding hydrogens is 136 g/mol. The number of aliphatic hydroxyl groups excluding tert-OH is 1. The average molecular weight is 154 g/mol. The second-order valence-corrected chi connectivity index (χ2v) is 3.80. The van der Waals surface area contributed by atoms with Gasteiger partial charge in [-0.1, -0.05) is 19.9 Å². The van der Waals surface area contributed by atoms with Crippen LogP contribution in [-0.4, -0.2) is 11.7 Å². The second kappa shape index (κ2) is 3.91. The summed E-state index contributed by atoms with van der Waals surface area (Å²) in [7, 11) is 0. The van der Waals surface area contributed by atoms with E-state index in [1.54, 1.807) is 0 Å². The number of rotatable bonds is 2. The van der Waals surface area contributed by atoms with Gasteiger partial charge in [0.15, 0.2) is 0 Å². The van der Waals surface area contributed by atoms with E-state index in [-0.39, 0.29) is 6.61 Å². The van der Waals surface area contributed by atoms with Crippen molar-refractivity contribution in [1.82, 2.24) is 0 Å². The van der Waals surface area contributed by atoms with Crippen LogP contribution in [-0.2, 0) is 0 Å².